The Morgan fingerprint density at radius 2 is 1.94 bits per heavy atom. The van der Waals surface area contributed by atoms with Crippen LogP contribution in [0.25, 0.3) is 0 Å². The van der Waals surface area contributed by atoms with E-state index in [1.54, 1.807) is 0 Å². The number of hydrogen-bond donors (Lipinski definition) is 0. The van der Waals surface area contributed by atoms with Gasteiger partial charge in [0.2, 0.25) is 5.91 Å². The van der Waals surface area contributed by atoms with Gasteiger partial charge in [-0.1, -0.05) is 24.6 Å². The van der Waals surface area contributed by atoms with E-state index in [0.717, 1.165) is 19.8 Å². The highest BCUT2D eigenvalue weighted by molar-refractivity contribution is 5.76. The van der Waals surface area contributed by atoms with E-state index in [2.05, 4.69) is 36.1 Å². The molecule has 1 aliphatic heterocycles. The minimum Gasteiger partial charge on any atom is -0.352 e. The Kier molecular flexibility index (Phi) is 3.13. The van der Waals surface area contributed by atoms with Crippen LogP contribution in [-0.2, 0) is 4.79 Å². The molecule has 0 saturated carbocycles. The summed E-state index contributed by atoms with van der Waals surface area (Å²) in [5.74, 6) is 0.245. The summed E-state index contributed by atoms with van der Waals surface area (Å²) in [5.41, 5.74) is 2.47. The van der Waals surface area contributed by atoms with E-state index in [-0.39, 0.29) is 5.91 Å². The maximum absolute atomic E-state index is 11.5. The molecular formula is C13H18N2O. The van der Waals surface area contributed by atoms with Crippen LogP contribution in [0.3, 0.4) is 0 Å². The van der Waals surface area contributed by atoms with E-state index in [1.807, 2.05) is 11.8 Å². The fraction of sp³-hybridized carbons (Fsp3) is 0.462. The molecular weight excluding hydrogens is 200 g/mol. The van der Waals surface area contributed by atoms with Crippen molar-refractivity contribution in [1.82, 2.24) is 4.90 Å². The zero-order chi connectivity index (χ0) is 11.5. The number of aryl methyl sites for hydroxylation is 1. The normalized spacial score (nSPS) is 15.6. The molecule has 1 amide bonds. The molecule has 1 aromatic rings. The molecule has 2 rings (SSSR count). The molecule has 1 fully saturated rings. The van der Waals surface area contributed by atoms with Gasteiger partial charge in [-0.05, 0) is 19.1 Å². The molecule has 1 aliphatic rings. The summed E-state index contributed by atoms with van der Waals surface area (Å²) in [6.07, 6.45) is 0.599. The van der Waals surface area contributed by atoms with E-state index in [1.165, 1.54) is 11.3 Å². The van der Waals surface area contributed by atoms with Gasteiger partial charge in [-0.3, -0.25) is 4.79 Å². The first-order valence-corrected chi connectivity index (χ1v) is 5.80. The first-order chi connectivity index (χ1) is 7.70. The summed E-state index contributed by atoms with van der Waals surface area (Å²) in [6.45, 7) is 6.52. The zero-order valence-corrected chi connectivity index (χ0v) is 9.94. The molecule has 3 nitrogen and oxygen atoms in total. The molecule has 86 valence electrons. The molecule has 1 saturated heterocycles. The van der Waals surface area contributed by atoms with Gasteiger partial charge in [-0.2, -0.15) is 0 Å². The van der Waals surface area contributed by atoms with Crippen molar-refractivity contribution in [1.29, 1.82) is 0 Å². The molecule has 0 aromatic heterocycles. The van der Waals surface area contributed by atoms with Crippen LogP contribution in [0.5, 0.6) is 0 Å². The van der Waals surface area contributed by atoms with E-state index < -0.39 is 0 Å². The number of anilines is 1. The van der Waals surface area contributed by atoms with Gasteiger partial charge in [0.15, 0.2) is 0 Å². The number of rotatable bonds is 2. The van der Waals surface area contributed by atoms with Crippen LogP contribution >= 0.6 is 0 Å². The van der Waals surface area contributed by atoms with Crippen molar-refractivity contribution in [2.45, 2.75) is 20.3 Å². The summed E-state index contributed by atoms with van der Waals surface area (Å²) in [4.78, 5) is 15.7. The second-order valence-electron chi connectivity index (χ2n) is 4.25. The van der Waals surface area contributed by atoms with Crippen molar-refractivity contribution in [3.63, 3.8) is 0 Å². The SMILES string of the molecule is CCC(=O)N1CCN(c2ccc(C)cc2)C1. The highest BCUT2D eigenvalue weighted by Crippen LogP contribution is 2.19. The van der Waals surface area contributed by atoms with E-state index in [0.29, 0.717) is 6.42 Å². The molecule has 0 radical (unpaired) electrons. The van der Waals surface area contributed by atoms with E-state index >= 15 is 0 Å². The Balaban J connectivity index is 2.03. The van der Waals surface area contributed by atoms with Crippen molar-refractivity contribution in [2.75, 3.05) is 24.7 Å². The lowest BCUT2D eigenvalue weighted by Crippen LogP contribution is -2.30. The minimum absolute atomic E-state index is 0.245. The fourth-order valence-corrected chi connectivity index (χ4v) is 1.98. The average molecular weight is 218 g/mol. The monoisotopic (exact) mass is 218 g/mol. The predicted molar refractivity (Wildman–Crippen MR) is 65.4 cm³/mol. The lowest BCUT2D eigenvalue weighted by Gasteiger charge is -2.19. The van der Waals surface area contributed by atoms with Crippen LogP contribution in [0.15, 0.2) is 24.3 Å². The quantitative estimate of drug-likeness (QED) is 0.758. The Hall–Kier alpha value is -1.51. The first kappa shape index (κ1) is 11.0. The van der Waals surface area contributed by atoms with Gasteiger partial charge in [0.25, 0.3) is 0 Å². The highest BCUT2D eigenvalue weighted by Gasteiger charge is 2.22. The summed E-state index contributed by atoms with van der Waals surface area (Å²) >= 11 is 0. The number of carbonyl (C=O) groups excluding carboxylic acids is 1. The molecule has 0 N–H and O–H groups in total. The molecule has 0 atom stereocenters. The molecule has 16 heavy (non-hydrogen) atoms. The molecule has 1 aromatic carbocycles. The third-order valence-corrected chi connectivity index (χ3v) is 3.04. The Labute approximate surface area is 96.7 Å². The van der Waals surface area contributed by atoms with Gasteiger partial charge in [-0.25, -0.2) is 0 Å². The van der Waals surface area contributed by atoms with Gasteiger partial charge in [0.05, 0.1) is 6.67 Å². The third kappa shape index (κ3) is 2.18. The number of amides is 1. The first-order valence-electron chi connectivity index (χ1n) is 5.80. The smallest absolute Gasteiger partial charge is 0.223 e. The fourth-order valence-electron chi connectivity index (χ4n) is 1.98. The van der Waals surface area contributed by atoms with Crippen molar-refractivity contribution >= 4 is 11.6 Å². The number of nitrogens with zero attached hydrogens (tertiary/aromatic N) is 2. The second-order valence-corrected chi connectivity index (χ2v) is 4.25. The van der Waals surface area contributed by atoms with Crippen molar-refractivity contribution < 1.29 is 4.79 Å². The number of hydrogen-bond acceptors (Lipinski definition) is 2. The van der Waals surface area contributed by atoms with Crippen LogP contribution in [0, 0.1) is 6.92 Å². The van der Waals surface area contributed by atoms with Crippen LogP contribution in [0.1, 0.15) is 18.9 Å². The third-order valence-electron chi connectivity index (χ3n) is 3.04. The highest BCUT2D eigenvalue weighted by atomic mass is 16.2. The summed E-state index contributed by atoms with van der Waals surface area (Å²) in [7, 11) is 0. The minimum atomic E-state index is 0.245. The topological polar surface area (TPSA) is 23.6 Å². The predicted octanol–water partition coefficient (Wildman–Crippen LogP) is 2.01. The van der Waals surface area contributed by atoms with Crippen LogP contribution in [0.4, 0.5) is 5.69 Å². The molecule has 0 unspecified atom stereocenters. The van der Waals surface area contributed by atoms with Gasteiger partial charge >= 0.3 is 0 Å². The van der Waals surface area contributed by atoms with Gasteiger partial charge in [-0.15, -0.1) is 0 Å². The van der Waals surface area contributed by atoms with Crippen molar-refractivity contribution in [3.8, 4) is 0 Å². The van der Waals surface area contributed by atoms with Gasteiger partial charge in [0, 0.05) is 25.2 Å². The largest absolute Gasteiger partial charge is 0.352 e. The lowest BCUT2D eigenvalue weighted by molar-refractivity contribution is -0.129. The summed E-state index contributed by atoms with van der Waals surface area (Å²) < 4.78 is 0. The summed E-state index contributed by atoms with van der Waals surface area (Å²) in [6, 6.07) is 8.46. The standard InChI is InChI=1S/C13H18N2O/c1-3-13(16)15-9-8-14(10-15)12-6-4-11(2)5-7-12/h4-7H,3,8-10H2,1-2H3. The Bertz CT molecular complexity index is 372. The Morgan fingerprint density at radius 3 is 2.56 bits per heavy atom. The molecule has 0 aliphatic carbocycles. The van der Waals surface area contributed by atoms with E-state index in [4.69, 9.17) is 0 Å². The molecule has 0 bridgehead atoms. The van der Waals surface area contributed by atoms with Gasteiger partial charge in [0.1, 0.15) is 0 Å². The zero-order valence-electron chi connectivity index (χ0n) is 9.94. The summed E-state index contributed by atoms with van der Waals surface area (Å²) in [5, 5.41) is 0. The van der Waals surface area contributed by atoms with Crippen molar-refractivity contribution in [2.24, 2.45) is 0 Å². The molecule has 0 spiro atoms. The average Bonchev–Trinajstić information content (AvgIpc) is 2.78. The molecule has 3 heteroatoms. The second kappa shape index (κ2) is 4.56. The van der Waals surface area contributed by atoms with Crippen LogP contribution < -0.4 is 4.90 Å². The molecule has 1 heterocycles. The van der Waals surface area contributed by atoms with E-state index in [9.17, 15) is 4.79 Å². The maximum atomic E-state index is 11.5. The van der Waals surface area contributed by atoms with Gasteiger partial charge < -0.3 is 9.80 Å². The maximum Gasteiger partial charge on any atom is 0.223 e. The number of benzene rings is 1. The Morgan fingerprint density at radius 1 is 1.25 bits per heavy atom. The lowest BCUT2D eigenvalue weighted by atomic mass is 10.2. The number of carbonyl (C=O) groups is 1. The van der Waals surface area contributed by atoms with Crippen LogP contribution in [-0.4, -0.2) is 30.6 Å². The van der Waals surface area contributed by atoms with Crippen molar-refractivity contribution in [3.05, 3.63) is 29.8 Å². The van der Waals surface area contributed by atoms with Crippen LogP contribution in [0.2, 0.25) is 0 Å².